The number of anilines is 1. The number of hydrogen-bond acceptors (Lipinski definition) is 5. The van der Waals surface area contributed by atoms with E-state index in [1.165, 1.54) is 0 Å². The molecule has 5 nitrogen and oxygen atoms in total. The minimum absolute atomic E-state index is 0.401. The highest BCUT2D eigenvalue weighted by Crippen LogP contribution is 2.25. The fourth-order valence-electron chi connectivity index (χ4n) is 2.16. The summed E-state index contributed by atoms with van der Waals surface area (Å²) < 4.78 is 5.10. The van der Waals surface area contributed by atoms with Gasteiger partial charge in [-0.3, -0.25) is 4.98 Å². The highest BCUT2D eigenvalue weighted by molar-refractivity contribution is 5.94. The van der Waals surface area contributed by atoms with Crippen molar-refractivity contribution in [1.29, 1.82) is 0 Å². The zero-order chi connectivity index (χ0) is 13.9. The van der Waals surface area contributed by atoms with Gasteiger partial charge in [0.05, 0.1) is 12.3 Å². The van der Waals surface area contributed by atoms with Crippen molar-refractivity contribution in [2.24, 2.45) is 0 Å². The predicted octanol–water partition coefficient (Wildman–Crippen LogP) is 2.42. The van der Waals surface area contributed by atoms with E-state index >= 15 is 0 Å². The minimum atomic E-state index is 0.401. The van der Waals surface area contributed by atoms with Gasteiger partial charge in [0.1, 0.15) is 5.82 Å². The number of methoxy groups -OCH3 is 1. The Balaban J connectivity index is 2.20. The zero-order valence-corrected chi connectivity index (χ0v) is 11.1. The van der Waals surface area contributed by atoms with Crippen molar-refractivity contribution in [1.82, 2.24) is 15.0 Å². The van der Waals surface area contributed by atoms with Crippen molar-refractivity contribution in [3.05, 3.63) is 48.4 Å². The van der Waals surface area contributed by atoms with Crippen LogP contribution in [-0.4, -0.2) is 22.1 Å². The lowest BCUT2D eigenvalue weighted by atomic mass is 10.1. The Kier molecular flexibility index (Phi) is 3.26. The SMILES string of the molecule is COCc1cc(N)nc(-c2cncc3ccccc23)n1. The molecular weight excluding hydrogens is 252 g/mol. The van der Waals surface area contributed by atoms with Gasteiger partial charge >= 0.3 is 0 Å². The quantitative estimate of drug-likeness (QED) is 0.788. The van der Waals surface area contributed by atoms with Crippen LogP contribution < -0.4 is 5.73 Å². The second-order valence-electron chi connectivity index (χ2n) is 4.45. The number of rotatable bonds is 3. The molecule has 0 radical (unpaired) electrons. The number of ether oxygens (including phenoxy) is 1. The van der Waals surface area contributed by atoms with E-state index in [4.69, 9.17) is 10.5 Å². The molecule has 2 aromatic heterocycles. The molecule has 0 fully saturated rings. The number of nitrogen functional groups attached to an aromatic ring is 1. The third-order valence-corrected chi connectivity index (χ3v) is 3.00. The van der Waals surface area contributed by atoms with Crippen LogP contribution in [0.25, 0.3) is 22.2 Å². The van der Waals surface area contributed by atoms with Crippen molar-refractivity contribution in [2.75, 3.05) is 12.8 Å². The Bertz CT molecular complexity index is 752. The molecular formula is C15H14N4O. The first-order chi connectivity index (χ1) is 9.78. The summed E-state index contributed by atoms with van der Waals surface area (Å²) in [4.78, 5) is 13.0. The minimum Gasteiger partial charge on any atom is -0.384 e. The first kappa shape index (κ1) is 12.5. The summed E-state index contributed by atoms with van der Waals surface area (Å²) in [5, 5.41) is 2.10. The number of nitrogens with zero attached hydrogens (tertiary/aromatic N) is 3. The number of pyridine rings is 1. The van der Waals surface area contributed by atoms with Crippen LogP contribution >= 0.6 is 0 Å². The Morgan fingerprint density at radius 1 is 1.15 bits per heavy atom. The third kappa shape index (κ3) is 2.31. The van der Waals surface area contributed by atoms with Crippen LogP contribution in [0.2, 0.25) is 0 Å². The van der Waals surface area contributed by atoms with Gasteiger partial charge in [0.15, 0.2) is 5.82 Å². The number of benzene rings is 1. The molecule has 0 saturated heterocycles. The van der Waals surface area contributed by atoms with E-state index < -0.39 is 0 Å². The maximum atomic E-state index is 5.84. The molecule has 0 amide bonds. The molecule has 3 aromatic rings. The molecule has 1 aromatic carbocycles. The van der Waals surface area contributed by atoms with Gasteiger partial charge in [-0.25, -0.2) is 9.97 Å². The third-order valence-electron chi connectivity index (χ3n) is 3.00. The molecule has 0 atom stereocenters. The number of fused-ring (bicyclic) bond motifs is 1. The fraction of sp³-hybridized carbons (Fsp3) is 0.133. The lowest BCUT2D eigenvalue weighted by Gasteiger charge is -2.07. The highest BCUT2D eigenvalue weighted by Gasteiger charge is 2.09. The van der Waals surface area contributed by atoms with Crippen LogP contribution in [-0.2, 0) is 11.3 Å². The predicted molar refractivity (Wildman–Crippen MR) is 77.9 cm³/mol. The van der Waals surface area contributed by atoms with Crippen molar-refractivity contribution >= 4 is 16.6 Å². The summed E-state index contributed by atoms with van der Waals surface area (Å²) in [5.74, 6) is 0.997. The largest absolute Gasteiger partial charge is 0.384 e. The first-order valence-corrected chi connectivity index (χ1v) is 6.23. The molecule has 100 valence electrons. The van der Waals surface area contributed by atoms with Crippen LogP contribution in [0.4, 0.5) is 5.82 Å². The van der Waals surface area contributed by atoms with E-state index in [1.807, 2.05) is 30.5 Å². The van der Waals surface area contributed by atoms with Gasteiger partial charge in [-0.1, -0.05) is 24.3 Å². The summed E-state index contributed by atoms with van der Waals surface area (Å²) in [7, 11) is 1.62. The monoisotopic (exact) mass is 266 g/mol. The van der Waals surface area contributed by atoms with Crippen LogP contribution in [0, 0.1) is 0 Å². The Hall–Kier alpha value is -2.53. The van der Waals surface area contributed by atoms with Crippen LogP contribution in [0.15, 0.2) is 42.7 Å². The molecule has 2 heterocycles. The molecule has 0 unspecified atom stereocenters. The van der Waals surface area contributed by atoms with Gasteiger partial charge in [0.25, 0.3) is 0 Å². The van der Waals surface area contributed by atoms with Crippen molar-refractivity contribution < 1.29 is 4.74 Å². The summed E-state index contributed by atoms with van der Waals surface area (Å²) >= 11 is 0. The molecule has 0 spiro atoms. The van der Waals surface area contributed by atoms with Crippen LogP contribution in [0.1, 0.15) is 5.69 Å². The summed E-state index contributed by atoms with van der Waals surface area (Å²) in [5.41, 5.74) is 7.47. The Labute approximate surface area is 116 Å². The molecule has 0 saturated carbocycles. The van der Waals surface area contributed by atoms with E-state index in [1.54, 1.807) is 19.4 Å². The first-order valence-electron chi connectivity index (χ1n) is 6.23. The summed E-state index contributed by atoms with van der Waals surface area (Å²) in [6.07, 6.45) is 3.58. The van der Waals surface area contributed by atoms with E-state index in [9.17, 15) is 0 Å². The van der Waals surface area contributed by atoms with Gasteiger partial charge in [-0.2, -0.15) is 0 Å². The molecule has 3 rings (SSSR count). The normalized spacial score (nSPS) is 10.8. The molecule has 5 heteroatoms. The fourth-order valence-corrected chi connectivity index (χ4v) is 2.16. The van der Waals surface area contributed by atoms with E-state index in [-0.39, 0.29) is 0 Å². The molecule has 0 bridgehead atoms. The number of nitrogens with two attached hydrogens (primary N) is 1. The Morgan fingerprint density at radius 3 is 2.85 bits per heavy atom. The van der Waals surface area contributed by atoms with Gasteiger partial charge < -0.3 is 10.5 Å². The van der Waals surface area contributed by atoms with Gasteiger partial charge in [0, 0.05) is 36.5 Å². The van der Waals surface area contributed by atoms with E-state index in [2.05, 4.69) is 15.0 Å². The maximum absolute atomic E-state index is 5.84. The van der Waals surface area contributed by atoms with Gasteiger partial charge in [0.2, 0.25) is 0 Å². The summed E-state index contributed by atoms with van der Waals surface area (Å²) in [6.45, 7) is 0.401. The molecule has 0 aliphatic heterocycles. The number of hydrogen-bond donors (Lipinski definition) is 1. The van der Waals surface area contributed by atoms with Gasteiger partial charge in [-0.15, -0.1) is 0 Å². The van der Waals surface area contributed by atoms with Crippen LogP contribution in [0.3, 0.4) is 0 Å². The number of aromatic nitrogens is 3. The smallest absolute Gasteiger partial charge is 0.164 e. The van der Waals surface area contributed by atoms with Crippen molar-refractivity contribution in [2.45, 2.75) is 6.61 Å². The molecule has 20 heavy (non-hydrogen) atoms. The second kappa shape index (κ2) is 5.22. The highest BCUT2D eigenvalue weighted by atomic mass is 16.5. The maximum Gasteiger partial charge on any atom is 0.164 e. The van der Waals surface area contributed by atoms with Crippen LogP contribution in [0.5, 0.6) is 0 Å². The van der Waals surface area contributed by atoms with Crippen molar-refractivity contribution in [3.8, 4) is 11.4 Å². The topological polar surface area (TPSA) is 73.9 Å². The lowest BCUT2D eigenvalue weighted by Crippen LogP contribution is -2.01. The molecule has 0 aliphatic rings. The van der Waals surface area contributed by atoms with E-state index in [0.29, 0.717) is 18.2 Å². The average molecular weight is 266 g/mol. The summed E-state index contributed by atoms with van der Waals surface area (Å²) in [6, 6.07) is 9.70. The van der Waals surface area contributed by atoms with Gasteiger partial charge in [-0.05, 0) is 5.39 Å². The zero-order valence-electron chi connectivity index (χ0n) is 11.1. The van der Waals surface area contributed by atoms with E-state index in [0.717, 1.165) is 22.0 Å². The average Bonchev–Trinajstić information content (AvgIpc) is 2.46. The Morgan fingerprint density at radius 2 is 2.00 bits per heavy atom. The standard InChI is InChI=1S/C15H14N4O/c1-20-9-11-6-14(16)19-15(18-11)13-8-17-7-10-4-2-3-5-12(10)13/h2-8H,9H2,1H3,(H2,16,18,19). The molecule has 2 N–H and O–H groups in total. The molecule has 0 aliphatic carbocycles. The second-order valence-corrected chi connectivity index (χ2v) is 4.45. The van der Waals surface area contributed by atoms with Crippen molar-refractivity contribution in [3.63, 3.8) is 0 Å². The lowest BCUT2D eigenvalue weighted by molar-refractivity contribution is 0.181.